The highest BCUT2D eigenvalue weighted by Crippen LogP contribution is 2.30. The number of ether oxygens (including phenoxy) is 1. The average Bonchev–Trinajstić information content (AvgIpc) is 2.47. The number of benzene rings is 2. The highest BCUT2D eigenvalue weighted by molar-refractivity contribution is 9.10. The molecule has 2 rings (SSSR count). The highest BCUT2D eigenvalue weighted by Gasteiger charge is 2.16. The van der Waals surface area contributed by atoms with E-state index < -0.39 is 11.6 Å². The van der Waals surface area contributed by atoms with Gasteiger partial charge in [0, 0.05) is 16.6 Å². The van der Waals surface area contributed by atoms with Crippen LogP contribution in [0.1, 0.15) is 17.2 Å². The molecular formula is C16H16BrF2NO. The van der Waals surface area contributed by atoms with Crippen LogP contribution in [0, 0.1) is 11.6 Å². The summed E-state index contributed by atoms with van der Waals surface area (Å²) >= 11 is 3.50. The molecule has 0 aliphatic heterocycles. The Balaban J connectivity index is 2.27. The summed E-state index contributed by atoms with van der Waals surface area (Å²) < 4.78 is 32.8. The van der Waals surface area contributed by atoms with E-state index in [0.717, 1.165) is 21.9 Å². The molecule has 0 aromatic heterocycles. The van der Waals surface area contributed by atoms with Crippen molar-refractivity contribution in [1.29, 1.82) is 0 Å². The molecular weight excluding hydrogens is 340 g/mol. The third kappa shape index (κ3) is 3.80. The van der Waals surface area contributed by atoms with Crippen molar-refractivity contribution >= 4 is 15.9 Å². The molecule has 2 aromatic carbocycles. The fraction of sp³-hybridized carbons (Fsp3) is 0.250. The van der Waals surface area contributed by atoms with Gasteiger partial charge in [0.2, 0.25) is 0 Å². The van der Waals surface area contributed by atoms with Crippen LogP contribution in [0.2, 0.25) is 0 Å². The van der Waals surface area contributed by atoms with Crippen molar-refractivity contribution in [2.24, 2.45) is 0 Å². The van der Waals surface area contributed by atoms with Gasteiger partial charge in [-0.25, -0.2) is 8.78 Å². The first kappa shape index (κ1) is 15.9. The largest absolute Gasteiger partial charge is 0.497 e. The van der Waals surface area contributed by atoms with Crippen LogP contribution in [0.15, 0.2) is 40.9 Å². The van der Waals surface area contributed by atoms with Gasteiger partial charge in [-0.05, 0) is 42.8 Å². The van der Waals surface area contributed by atoms with E-state index in [-0.39, 0.29) is 6.04 Å². The Bertz CT molecular complexity index is 634. The van der Waals surface area contributed by atoms with Gasteiger partial charge in [0.1, 0.15) is 17.4 Å². The van der Waals surface area contributed by atoms with Gasteiger partial charge in [-0.3, -0.25) is 0 Å². The zero-order valence-corrected chi connectivity index (χ0v) is 13.4. The van der Waals surface area contributed by atoms with Crippen LogP contribution in [0.25, 0.3) is 0 Å². The van der Waals surface area contributed by atoms with E-state index in [1.807, 2.05) is 25.2 Å². The predicted molar refractivity (Wildman–Crippen MR) is 82.6 cm³/mol. The van der Waals surface area contributed by atoms with Gasteiger partial charge in [-0.15, -0.1) is 0 Å². The first-order valence-electron chi connectivity index (χ1n) is 6.49. The summed E-state index contributed by atoms with van der Waals surface area (Å²) in [6.07, 6.45) is 0.424. The summed E-state index contributed by atoms with van der Waals surface area (Å²) in [5.74, 6) is -0.351. The molecule has 0 aliphatic rings. The van der Waals surface area contributed by atoms with Crippen molar-refractivity contribution in [1.82, 2.24) is 5.32 Å². The molecule has 112 valence electrons. The van der Waals surface area contributed by atoms with E-state index in [4.69, 9.17) is 4.74 Å². The topological polar surface area (TPSA) is 21.3 Å². The molecule has 0 saturated carbocycles. The SMILES string of the molecule is CNC(Cc1ccc(F)cc1F)c1ccc(OC)cc1Br. The molecule has 1 atom stereocenters. The minimum atomic E-state index is -0.567. The van der Waals surface area contributed by atoms with E-state index in [0.29, 0.717) is 12.0 Å². The zero-order valence-electron chi connectivity index (χ0n) is 11.8. The maximum absolute atomic E-state index is 13.8. The molecule has 0 aliphatic carbocycles. The van der Waals surface area contributed by atoms with E-state index >= 15 is 0 Å². The Morgan fingerprint density at radius 3 is 2.52 bits per heavy atom. The first-order valence-corrected chi connectivity index (χ1v) is 7.29. The van der Waals surface area contributed by atoms with Crippen LogP contribution < -0.4 is 10.1 Å². The Hall–Kier alpha value is -1.46. The minimum absolute atomic E-state index is 0.0924. The van der Waals surface area contributed by atoms with E-state index in [9.17, 15) is 8.78 Å². The van der Waals surface area contributed by atoms with Crippen molar-refractivity contribution in [2.75, 3.05) is 14.2 Å². The fourth-order valence-electron chi connectivity index (χ4n) is 2.19. The van der Waals surface area contributed by atoms with Gasteiger partial charge in [0.25, 0.3) is 0 Å². The van der Waals surface area contributed by atoms with Crippen molar-refractivity contribution in [3.63, 3.8) is 0 Å². The standard InChI is InChI=1S/C16H16BrF2NO/c1-20-16(7-10-3-4-11(18)8-15(10)19)13-6-5-12(21-2)9-14(13)17/h3-6,8-9,16,20H,7H2,1-2H3. The lowest BCUT2D eigenvalue weighted by atomic mass is 9.98. The number of halogens is 3. The lowest BCUT2D eigenvalue weighted by Crippen LogP contribution is -2.20. The van der Waals surface area contributed by atoms with Gasteiger partial charge >= 0.3 is 0 Å². The van der Waals surface area contributed by atoms with Crippen LogP contribution in [0.3, 0.4) is 0 Å². The van der Waals surface area contributed by atoms with E-state index in [2.05, 4.69) is 21.2 Å². The number of hydrogen-bond donors (Lipinski definition) is 1. The fourth-order valence-corrected chi connectivity index (χ4v) is 2.83. The Labute approximate surface area is 131 Å². The van der Waals surface area contributed by atoms with Crippen LogP contribution in [-0.2, 0) is 6.42 Å². The molecule has 21 heavy (non-hydrogen) atoms. The molecule has 0 amide bonds. The summed E-state index contributed by atoms with van der Waals surface area (Å²) in [6.45, 7) is 0. The molecule has 0 bridgehead atoms. The second-order valence-corrected chi connectivity index (χ2v) is 5.52. The van der Waals surface area contributed by atoms with Crippen molar-refractivity contribution in [3.05, 3.63) is 63.6 Å². The second-order valence-electron chi connectivity index (χ2n) is 4.67. The maximum Gasteiger partial charge on any atom is 0.129 e. The number of nitrogens with one attached hydrogen (secondary N) is 1. The zero-order chi connectivity index (χ0) is 15.4. The van der Waals surface area contributed by atoms with Crippen LogP contribution >= 0.6 is 15.9 Å². The molecule has 1 unspecified atom stereocenters. The third-order valence-corrected chi connectivity index (χ3v) is 4.06. The molecule has 0 spiro atoms. The lowest BCUT2D eigenvalue weighted by Gasteiger charge is -2.19. The number of rotatable bonds is 5. The quantitative estimate of drug-likeness (QED) is 0.865. The maximum atomic E-state index is 13.8. The summed E-state index contributed by atoms with van der Waals surface area (Å²) in [4.78, 5) is 0. The normalized spacial score (nSPS) is 12.2. The molecule has 0 fully saturated rings. The Morgan fingerprint density at radius 1 is 1.19 bits per heavy atom. The molecule has 2 aromatic rings. The van der Waals surface area contributed by atoms with Gasteiger partial charge < -0.3 is 10.1 Å². The number of hydrogen-bond acceptors (Lipinski definition) is 2. The van der Waals surface area contributed by atoms with Crippen molar-refractivity contribution in [2.45, 2.75) is 12.5 Å². The molecule has 0 heterocycles. The minimum Gasteiger partial charge on any atom is -0.497 e. The summed E-state index contributed by atoms with van der Waals surface area (Å²) in [5, 5.41) is 3.16. The van der Waals surface area contributed by atoms with Gasteiger partial charge in [0.05, 0.1) is 7.11 Å². The number of methoxy groups -OCH3 is 1. The monoisotopic (exact) mass is 355 g/mol. The van der Waals surface area contributed by atoms with Crippen molar-refractivity contribution < 1.29 is 13.5 Å². The molecule has 2 nitrogen and oxygen atoms in total. The summed E-state index contributed by atoms with van der Waals surface area (Å²) in [5.41, 5.74) is 1.46. The van der Waals surface area contributed by atoms with Crippen molar-refractivity contribution in [3.8, 4) is 5.75 Å². The highest BCUT2D eigenvalue weighted by atomic mass is 79.9. The Kier molecular flexibility index (Phi) is 5.31. The second kappa shape index (κ2) is 7.00. The van der Waals surface area contributed by atoms with E-state index in [1.165, 1.54) is 12.1 Å². The van der Waals surface area contributed by atoms with Gasteiger partial charge in [-0.1, -0.05) is 28.1 Å². The lowest BCUT2D eigenvalue weighted by molar-refractivity contribution is 0.414. The smallest absolute Gasteiger partial charge is 0.129 e. The molecule has 0 saturated heterocycles. The molecule has 5 heteroatoms. The first-order chi connectivity index (χ1) is 10.0. The van der Waals surface area contributed by atoms with Crippen LogP contribution in [0.5, 0.6) is 5.75 Å². The summed E-state index contributed by atoms with van der Waals surface area (Å²) in [6, 6.07) is 9.20. The third-order valence-electron chi connectivity index (χ3n) is 3.37. The molecule has 1 N–H and O–H groups in total. The summed E-state index contributed by atoms with van der Waals surface area (Å²) in [7, 11) is 3.41. The average molecular weight is 356 g/mol. The van der Waals surface area contributed by atoms with E-state index in [1.54, 1.807) is 7.11 Å². The van der Waals surface area contributed by atoms with Gasteiger partial charge in [-0.2, -0.15) is 0 Å². The predicted octanol–water partition coefficient (Wildman–Crippen LogP) is 4.24. The number of likely N-dealkylation sites (N-methyl/N-ethyl adjacent to an activating group) is 1. The Morgan fingerprint density at radius 2 is 1.95 bits per heavy atom. The molecule has 0 radical (unpaired) electrons. The van der Waals surface area contributed by atoms with Crippen LogP contribution in [-0.4, -0.2) is 14.2 Å². The van der Waals surface area contributed by atoms with Crippen LogP contribution in [0.4, 0.5) is 8.78 Å². The van der Waals surface area contributed by atoms with Gasteiger partial charge in [0.15, 0.2) is 0 Å².